The van der Waals surface area contributed by atoms with Crippen molar-refractivity contribution in [2.75, 3.05) is 5.32 Å². The van der Waals surface area contributed by atoms with Crippen LogP contribution in [0.2, 0.25) is 10.0 Å². The van der Waals surface area contributed by atoms with Gasteiger partial charge in [-0.05, 0) is 23.8 Å². The fraction of sp³-hybridized carbons (Fsp3) is 0.133. The standard InChI is InChI=1S/C15H13Cl2NO2/c16-12-6-5-10(13(17)8-12)7-15(20)18-14-4-2-1-3-11(14)9-19/h1-6,8,19H,7,9H2,(H,18,20). The van der Waals surface area contributed by atoms with Crippen molar-refractivity contribution in [2.24, 2.45) is 0 Å². The first-order valence-corrected chi connectivity index (χ1v) is 6.78. The summed E-state index contributed by atoms with van der Waals surface area (Å²) >= 11 is 11.8. The number of aliphatic hydroxyl groups excluding tert-OH is 1. The van der Waals surface area contributed by atoms with Gasteiger partial charge in [-0.25, -0.2) is 0 Å². The Morgan fingerprint density at radius 2 is 1.85 bits per heavy atom. The summed E-state index contributed by atoms with van der Waals surface area (Å²) in [5.74, 6) is -0.199. The number of halogens is 2. The van der Waals surface area contributed by atoms with Crippen LogP contribution in [0.25, 0.3) is 0 Å². The minimum Gasteiger partial charge on any atom is -0.392 e. The average Bonchev–Trinajstić information content (AvgIpc) is 2.42. The molecule has 0 fully saturated rings. The molecular formula is C15H13Cl2NO2. The molecule has 0 atom stereocenters. The van der Waals surface area contributed by atoms with Gasteiger partial charge < -0.3 is 10.4 Å². The molecule has 0 aliphatic rings. The minimum absolute atomic E-state index is 0.127. The van der Waals surface area contributed by atoms with Gasteiger partial charge in [0.05, 0.1) is 13.0 Å². The topological polar surface area (TPSA) is 49.3 Å². The predicted octanol–water partition coefficient (Wildman–Crippen LogP) is 3.67. The molecule has 0 aromatic heterocycles. The number of hydrogen-bond donors (Lipinski definition) is 2. The molecule has 0 radical (unpaired) electrons. The first-order chi connectivity index (χ1) is 9.60. The van der Waals surface area contributed by atoms with Gasteiger partial charge in [-0.15, -0.1) is 0 Å². The first kappa shape index (κ1) is 14.9. The number of anilines is 1. The van der Waals surface area contributed by atoms with Crippen LogP contribution in [-0.2, 0) is 17.8 Å². The van der Waals surface area contributed by atoms with E-state index in [1.54, 1.807) is 42.5 Å². The zero-order valence-electron chi connectivity index (χ0n) is 10.6. The fourth-order valence-corrected chi connectivity index (χ4v) is 2.29. The second-order valence-corrected chi connectivity index (χ2v) is 5.12. The maximum Gasteiger partial charge on any atom is 0.228 e. The lowest BCUT2D eigenvalue weighted by atomic mass is 10.1. The third-order valence-electron chi connectivity index (χ3n) is 2.83. The lowest BCUT2D eigenvalue weighted by molar-refractivity contribution is -0.115. The van der Waals surface area contributed by atoms with Gasteiger partial charge in [-0.2, -0.15) is 0 Å². The Morgan fingerprint density at radius 1 is 1.10 bits per heavy atom. The number of benzene rings is 2. The summed E-state index contributed by atoms with van der Waals surface area (Å²) in [5, 5.41) is 13.0. The van der Waals surface area contributed by atoms with Crippen molar-refractivity contribution in [3.05, 3.63) is 63.6 Å². The van der Waals surface area contributed by atoms with Gasteiger partial charge in [0, 0.05) is 21.3 Å². The van der Waals surface area contributed by atoms with E-state index in [1.165, 1.54) is 0 Å². The number of rotatable bonds is 4. The summed E-state index contributed by atoms with van der Waals surface area (Å²) in [6.07, 6.45) is 0.149. The summed E-state index contributed by atoms with van der Waals surface area (Å²) in [7, 11) is 0. The Labute approximate surface area is 127 Å². The van der Waals surface area contributed by atoms with E-state index in [-0.39, 0.29) is 18.9 Å². The van der Waals surface area contributed by atoms with Gasteiger partial charge >= 0.3 is 0 Å². The smallest absolute Gasteiger partial charge is 0.228 e. The van der Waals surface area contributed by atoms with Gasteiger partial charge in [0.25, 0.3) is 0 Å². The van der Waals surface area contributed by atoms with Crippen LogP contribution in [0.5, 0.6) is 0 Å². The van der Waals surface area contributed by atoms with E-state index in [1.807, 2.05) is 0 Å². The molecule has 0 saturated heterocycles. The zero-order valence-corrected chi connectivity index (χ0v) is 12.1. The molecule has 0 aliphatic carbocycles. The highest BCUT2D eigenvalue weighted by atomic mass is 35.5. The predicted molar refractivity (Wildman–Crippen MR) is 81.2 cm³/mol. The van der Waals surface area contributed by atoms with Crippen LogP contribution in [-0.4, -0.2) is 11.0 Å². The molecule has 104 valence electrons. The maximum atomic E-state index is 12.0. The van der Waals surface area contributed by atoms with Gasteiger partial charge in [-0.3, -0.25) is 4.79 Å². The van der Waals surface area contributed by atoms with E-state index < -0.39 is 0 Å². The van der Waals surface area contributed by atoms with Gasteiger partial charge in [-0.1, -0.05) is 47.5 Å². The zero-order chi connectivity index (χ0) is 14.5. The van der Waals surface area contributed by atoms with E-state index in [2.05, 4.69) is 5.32 Å². The largest absolute Gasteiger partial charge is 0.392 e. The Bertz CT molecular complexity index is 629. The van der Waals surface area contributed by atoms with Crippen LogP contribution in [0, 0.1) is 0 Å². The second-order valence-electron chi connectivity index (χ2n) is 4.28. The Kier molecular flexibility index (Phi) is 5.01. The number of carbonyl (C=O) groups is 1. The number of para-hydroxylation sites is 1. The lowest BCUT2D eigenvalue weighted by Gasteiger charge is -2.10. The summed E-state index contributed by atoms with van der Waals surface area (Å²) in [5.41, 5.74) is 1.98. The van der Waals surface area contributed by atoms with Crippen LogP contribution in [0.1, 0.15) is 11.1 Å². The maximum absolute atomic E-state index is 12.0. The Morgan fingerprint density at radius 3 is 2.55 bits per heavy atom. The van der Waals surface area contributed by atoms with E-state index in [9.17, 15) is 9.90 Å². The van der Waals surface area contributed by atoms with Crippen molar-refractivity contribution in [3.8, 4) is 0 Å². The minimum atomic E-state index is -0.199. The quantitative estimate of drug-likeness (QED) is 0.905. The van der Waals surface area contributed by atoms with E-state index in [0.29, 0.717) is 26.9 Å². The molecule has 0 aliphatic heterocycles. The average molecular weight is 310 g/mol. The van der Waals surface area contributed by atoms with Crippen molar-refractivity contribution in [1.29, 1.82) is 0 Å². The summed E-state index contributed by atoms with van der Waals surface area (Å²) in [6, 6.07) is 12.1. The van der Waals surface area contributed by atoms with Crippen molar-refractivity contribution < 1.29 is 9.90 Å². The van der Waals surface area contributed by atoms with Crippen molar-refractivity contribution in [2.45, 2.75) is 13.0 Å². The molecule has 0 unspecified atom stereocenters. The summed E-state index contributed by atoms with van der Waals surface area (Å²) < 4.78 is 0. The number of nitrogens with one attached hydrogen (secondary N) is 1. The number of amides is 1. The van der Waals surface area contributed by atoms with E-state index >= 15 is 0 Å². The van der Waals surface area contributed by atoms with Crippen molar-refractivity contribution in [1.82, 2.24) is 0 Å². The fourth-order valence-electron chi connectivity index (χ4n) is 1.81. The number of aliphatic hydroxyl groups is 1. The van der Waals surface area contributed by atoms with Crippen LogP contribution in [0.4, 0.5) is 5.69 Å². The Hall–Kier alpha value is -1.55. The van der Waals surface area contributed by atoms with Gasteiger partial charge in [0.2, 0.25) is 5.91 Å². The molecule has 0 spiro atoms. The Balaban J connectivity index is 2.09. The third-order valence-corrected chi connectivity index (χ3v) is 3.41. The SMILES string of the molecule is O=C(Cc1ccc(Cl)cc1Cl)Nc1ccccc1CO. The normalized spacial score (nSPS) is 10.3. The van der Waals surface area contributed by atoms with E-state index in [0.717, 1.165) is 0 Å². The first-order valence-electron chi connectivity index (χ1n) is 6.02. The molecule has 5 heteroatoms. The molecule has 0 heterocycles. The van der Waals surface area contributed by atoms with Gasteiger partial charge in [0.1, 0.15) is 0 Å². The molecule has 2 N–H and O–H groups in total. The molecule has 0 bridgehead atoms. The molecule has 20 heavy (non-hydrogen) atoms. The van der Waals surface area contributed by atoms with Crippen LogP contribution < -0.4 is 5.32 Å². The third kappa shape index (κ3) is 3.73. The van der Waals surface area contributed by atoms with E-state index in [4.69, 9.17) is 23.2 Å². The van der Waals surface area contributed by atoms with Crippen molar-refractivity contribution >= 4 is 34.8 Å². The van der Waals surface area contributed by atoms with Crippen LogP contribution >= 0.6 is 23.2 Å². The molecule has 3 nitrogen and oxygen atoms in total. The van der Waals surface area contributed by atoms with Crippen LogP contribution in [0.3, 0.4) is 0 Å². The summed E-state index contributed by atoms with van der Waals surface area (Å²) in [4.78, 5) is 12.0. The highest BCUT2D eigenvalue weighted by Crippen LogP contribution is 2.22. The highest BCUT2D eigenvalue weighted by molar-refractivity contribution is 6.35. The summed E-state index contributed by atoms with van der Waals surface area (Å²) in [6.45, 7) is -0.127. The monoisotopic (exact) mass is 309 g/mol. The van der Waals surface area contributed by atoms with Gasteiger partial charge in [0.15, 0.2) is 0 Å². The molecular weight excluding hydrogens is 297 g/mol. The molecule has 0 saturated carbocycles. The highest BCUT2D eigenvalue weighted by Gasteiger charge is 2.09. The molecule has 2 aromatic rings. The van der Waals surface area contributed by atoms with Crippen LogP contribution in [0.15, 0.2) is 42.5 Å². The number of carbonyl (C=O) groups excluding carboxylic acids is 1. The second kappa shape index (κ2) is 6.75. The number of hydrogen-bond acceptors (Lipinski definition) is 2. The van der Waals surface area contributed by atoms with Crippen molar-refractivity contribution in [3.63, 3.8) is 0 Å². The molecule has 2 aromatic carbocycles. The molecule has 2 rings (SSSR count). The molecule has 1 amide bonds. The lowest BCUT2D eigenvalue weighted by Crippen LogP contribution is -2.15.